The molecular formula is C5H4N6O3. The van der Waals surface area contributed by atoms with Gasteiger partial charge in [-0.1, -0.05) is 5.21 Å². The van der Waals surface area contributed by atoms with Crippen LogP contribution < -0.4 is 5.32 Å². The molecule has 0 spiro atoms. The SMILES string of the molecule is O=C1NC(=O)N(Cc2nn[nH]n2)C1=O. The highest BCUT2D eigenvalue weighted by Crippen LogP contribution is 2.03. The number of amides is 4. The van der Waals surface area contributed by atoms with Gasteiger partial charge >= 0.3 is 17.8 Å². The van der Waals surface area contributed by atoms with Gasteiger partial charge in [0.25, 0.3) is 0 Å². The molecule has 2 N–H and O–H groups in total. The summed E-state index contributed by atoms with van der Waals surface area (Å²) in [5.41, 5.74) is 0. The summed E-state index contributed by atoms with van der Waals surface area (Å²) in [5, 5.41) is 14.3. The summed E-state index contributed by atoms with van der Waals surface area (Å²) in [6, 6.07) is -0.773. The molecule has 2 rings (SSSR count). The maximum Gasteiger partial charge on any atom is 0.331 e. The zero-order valence-electron chi connectivity index (χ0n) is 6.72. The fourth-order valence-corrected chi connectivity index (χ4v) is 0.967. The molecule has 1 aliphatic rings. The van der Waals surface area contributed by atoms with Crippen LogP contribution in [0.25, 0.3) is 0 Å². The summed E-state index contributed by atoms with van der Waals surface area (Å²) < 4.78 is 0. The van der Waals surface area contributed by atoms with E-state index in [4.69, 9.17) is 0 Å². The van der Waals surface area contributed by atoms with E-state index in [1.807, 2.05) is 5.32 Å². The number of nitrogens with zero attached hydrogens (tertiary/aromatic N) is 4. The first-order valence-electron chi connectivity index (χ1n) is 3.57. The number of imide groups is 2. The first-order chi connectivity index (χ1) is 6.68. The van der Waals surface area contributed by atoms with Gasteiger partial charge in [0.1, 0.15) is 0 Å². The number of carbonyl (C=O) groups is 3. The Kier molecular flexibility index (Phi) is 1.70. The lowest BCUT2D eigenvalue weighted by molar-refractivity contribution is -0.140. The van der Waals surface area contributed by atoms with Crippen molar-refractivity contribution >= 4 is 17.8 Å². The lowest BCUT2D eigenvalue weighted by Crippen LogP contribution is -2.30. The summed E-state index contributed by atoms with van der Waals surface area (Å²) >= 11 is 0. The molecule has 1 aliphatic heterocycles. The van der Waals surface area contributed by atoms with Crippen molar-refractivity contribution in [2.45, 2.75) is 6.54 Å². The molecule has 0 aromatic carbocycles. The number of urea groups is 1. The molecule has 4 amide bonds. The fourth-order valence-electron chi connectivity index (χ4n) is 0.967. The zero-order valence-corrected chi connectivity index (χ0v) is 6.72. The number of tetrazole rings is 1. The van der Waals surface area contributed by atoms with Crippen molar-refractivity contribution in [2.75, 3.05) is 0 Å². The van der Waals surface area contributed by atoms with Crippen LogP contribution in [0, 0.1) is 0 Å². The summed E-state index contributed by atoms with van der Waals surface area (Å²) in [7, 11) is 0. The number of hydrogen-bond acceptors (Lipinski definition) is 6. The molecule has 14 heavy (non-hydrogen) atoms. The monoisotopic (exact) mass is 196 g/mol. The molecule has 9 nitrogen and oxygen atoms in total. The topological polar surface area (TPSA) is 121 Å². The number of hydrogen-bond donors (Lipinski definition) is 2. The first kappa shape index (κ1) is 8.29. The quantitative estimate of drug-likeness (QED) is 0.408. The lowest BCUT2D eigenvalue weighted by Gasteiger charge is -2.06. The van der Waals surface area contributed by atoms with Gasteiger partial charge in [0.2, 0.25) is 0 Å². The second-order valence-electron chi connectivity index (χ2n) is 2.48. The molecule has 0 saturated carbocycles. The van der Waals surface area contributed by atoms with E-state index < -0.39 is 17.8 Å². The van der Waals surface area contributed by atoms with Gasteiger partial charge in [0.05, 0.1) is 6.54 Å². The second kappa shape index (κ2) is 2.87. The minimum absolute atomic E-state index is 0.156. The average Bonchev–Trinajstić information content (AvgIpc) is 2.71. The van der Waals surface area contributed by atoms with Gasteiger partial charge in [0, 0.05) is 0 Å². The van der Waals surface area contributed by atoms with Crippen LogP contribution in [0.2, 0.25) is 0 Å². The molecule has 0 aliphatic carbocycles. The molecule has 0 bridgehead atoms. The van der Waals surface area contributed by atoms with Crippen LogP contribution in [0.4, 0.5) is 4.79 Å². The van der Waals surface area contributed by atoms with Crippen LogP contribution in [0.3, 0.4) is 0 Å². The van der Waals surface area contributed by atoms with E-state index in [-0.39, 0.29) is 12.4 Å². The number of aromatic nitrogens is 4. The Hall–Kier alpha value is -2.32. The molecule has 2 heterocycles. The van der Waals surface area contributed by atoms with Gasteiger partial charge in [-0.25, -0.2) is 9.69 Å². The molecule has 1 aromatic heterocycles. The predicted molar refractivity (Wildman–Crippen MR) is 38.3 cm³/mol. The molecule has 0 unspecified atom stereocenters. The van der Waals surface area contributed by atoms with Crippen molar-refractivity contribution in [3.8, 4) is 0 Å². The molecule has 0 radical (unpaired) electrons. The summed E-state index contributed by atoms with van der Waals surface area (Å²) in [4.78, 5) is 33.5. The molecule has 1 aromatic rings. The Balaban J connectivity index is 2.16. The van der Waals surface area contributed by atoms with Gasteiger partial charge < -0.3 is 0 Å². The van der Waals surface area contributed by atoms with Gasteiger partial charge in [-0.15, -0.1) is 10.2 Å². The molecular weight excluding hydrogens is 192 g/mol. The average molecular weight is 196 g/mol. The number of carbonyl (C=O) groups excluding carboxylic acids is 3. The van der Waals surface area contributed by atoms with Crippen LogP contribution in [0.15, 0.2) is 0 Å². The maximum absolute atomic E-state index is 11.0. The standard InChI is InChI=1S/C5H4N6O3/c12-3-4(13)11(5(14)6-3)1-2-7-9-10-8-2/h1H2,(H,6,12,14)(H,7,8,9,10). The Morgan fingerprint density at radius 2 is 2.07 bits per heavy atom. The minimum atomic E-state index is -0.946. The Labute approximate surface area is 76.5 Å². The van der Waals surface area contributed by atoms with Crippen LogP contribution in [-0.2, 0) is 16.1 Å². The minimum Gasteiger partial charge on any atom is -0.269 e. The zero-order chi connectivity index (χ0) is 10.1. The Morgan fingerprint density at radius 1 is 1.29 bits per heavy atom. The number of rotatable bonds is 2. The normalized spacial score (nSPS) is 16.3. The van der Waals surface area contributed by atoms with Crippen molar-refractivity contribution in [3.63, 3.8) is 0 Å². The number of aromatic amines is 1. The van der Waals surface area contributed by atoms with E-state index in [9.17, 15) is 14.4 Å². The molecule has 1 saturated heterocycles. The highest BCUT2D eigenvalue weighted by Gasteiger charge is 2.37. The highest BCUT2D eigenvalue weighted by atomic mass is 16.2. The first-order valence-corrected chi connectivity index (χ1v) is 3.57. The number of nitrogens with one attached hydrogen (secondary N) is 2. The molecule has 9 heteroatoms. The Morgan fingerprint density at radius 3 is 2.57 bits per heavy atom. The maximum atomic E-state index is 11.0. The van der Waals surface area contributed by atoms with Crippen LogP contribution in [0.1, 0.15) is 5.82 Å². The van der Waals surface area contributed by atoms with Crippen molar-refractivity contribution in [2.24, 2.45) is 0 Å². The van der Waals surface area contributed by atoms with E-state index in [1.54, 1.807) is 0 Å². The van der Waals surface area contributed by atoms with E-state index >= 15 is 0 Å². The molecule has 0 atom stereocenters. The van der Waals surface area contributed by atoms with Crippen LogP contribution in [0.5, 0.6) is 0 Å². The number of H-pyrrole nitrogens is 1. The summed E-state index contributed by atoms with van der Waals surface area (Å²) in [6.45, 7) is -0.174. The molecule has 72 valence electrons. The van der Waals surface area contributed by atoms with Crippen LogP contribution >= 0.6 is 0 Å². The predicted octanol–water partition coefficient (Wildman–Crippen LogP) is -2.22. The van der Waals surface area contributed by atoms with Crippen molar-refractivity contribution in [1.82, 2.24) is 30.8 Å². The van der Waals surface area contributed by atoms with Crippen LogP contribution in [-0.4, -0.2) is 43.4 Å². The van der Waals surface area contributed by atoms with Gasteiger partial charge in [-0.2, -0.15) is 5.21 Å². The summed E-state index contributed by atoms with van der Waals surface area (Å²) in [5.74, 6) is -1.71. The molecule has 1 fully saturated rings. The van der Waals surface area contributed by atoms with Gasteiger partial charge in [0.15, 0.2) is 5.82 Å². The van der Waals surface area contributed by atoms with Crippen molar-refractivity contribution in [1.29, 1.82) is 0 Å². The van der Waals surface area contributed by atoms with Crippen molar-refractivity contribution < 1.29 is 14.4 Å². The van der Waals surface area contributed by atoms with E-state index in [2.05, 4.69) is 20.6 Å². The van der Waals surface area contributed by atoms with E-state index in [0.717, 1.165) is 0 Å². The van der Waals surface area contributed by atoms with Crippen molar-refractivity contribution in [3.05, 3.63) is 5.82 Å². The largest absolute Gasteiger partial charge is 0.331 e. The van der Waals surface area contributed by atoms with E-state index in [1.165, 1.54) is 0 Å². The third-order valence-electron chi connectivity index (χ3n) is 1.59. The van der Waals surface area contributed by atoms with E-state index in [0.29, 0.717) is 4.90 Å². The second-order valence-corrected chi connectivity index (χ2v) is 2.48. The summed E-state index contributed by atoms with van der Waals surface area (Å²) in [6.07, 6.45) is 0. The highest BCUT2D eigenvalue weighted by molar-refractivity contribution is 6.44. The fraction of sp³-hybridized carbons (Fsp3) is 0.200. The Bertz CT molecular complexity index is 398. The lowest BCUT2D eigenvalue weighted by atomic mass is 10.5. The van der Waals surface area contributed by atoms with Gasteiger partial charge in [-0.3, -0.25) is 14.9 Å². The smallest absolute Gasteiger partial charge is 0.269 e. The third-order valence-corrected chi connectivity index (χ3v) is 1.59. The van der Waals surface area contributed by atoms with Gasteiger partial charge in [-0.05, 0) is 0 Å². The third kappa shape index (κ3) is 1.20.